The quantitative estimate of drug-likeness (QED) is 0.424. The van der Waals surface area contributed by atoms with Gasteiger partial charge < -0.3 is 15.4 Å². The van der Waals surface area contributed by atoms with Gasteiger partial charge in [-0.05, 0) is 24.6 Å². The van der Waals surface area contributed by atoms with Crippen molar-refractivity contribution in [2.24, 2.45) is 0 Å². The molecular formula is C25H26N6O2. The average molecular weight is 443 g/mol. The third kappa shape index (κ3) is 4.90. The van der Waals surface area contributed by atoms with Crippen molar-refractivity contribution >= 4 is 22.6 Å². The summed E-state index contributed by atoms with van der Waals surface area (Å²) in [7, 11) is 1.63. The highest BCUT2D eigenvalue weighted by atomic mass is 16.5. The molecule has 1 aromatic carbocycles. The zero-order valence-electron chi connectivity index (χ0n) is 18.9. The van der Waals surface area contributed by atoms with Gasteiger partial charge in [0.05, 0.1) is 23.4 Å². The molecule has 8 nitrogen and oxygen atoms in total. The van der Waals surface area contributed by atoms with Crippen molar-refractivity contribution in [2.45, 2.75) is 19.8 Å². The van der Waals surface area contributed by atoms with E-state index in [0.29, 0.717) is 24.6 Å². The van der Waals surface area contributed by atoms with Gasteiger partial charge >= 0.3 is 0 Å². The van der Waals surface area contributed by atoms with E-state index in [4.69, 9.17) is 4.74 Å². The third-order valence-corrected chi connectivity index (χ3v) is 5.39. The number of pyridine rings is 2. The highest BCUT2D eigenvalue weighted by Crippen LogP contribution is 2.27. The number of aromatic nitrogens is 4. The maximum absolute atomic E-state index is 12.2. The molecule has 168 valence electrons. The molecule has 4 aromatic rings. The van der Waals surface area contributed by atoms with E-state index < -0.39 is 0 Å². The van der Waals surface area contributed by atoms with E-state index in [1.165, 1.54) is 6.33 Å². The molecule has 33 heavy (non-hydrogen) atoms. The number of nitrogens with zero attached hydrogens (tertiary/aromatic N) is 4. The Hall–Kier alpha value is -4.07. The van der Waals surface area contributed by atoms with Gasteiger partial charge in [0.25, 0.3) is 5.91 Å². The number of fused-ring (bicyclic) bond motifs is 1. The van der Waals surface area contributed by atoms with E-state index in [1.54, 1.807) is 25.5 Å². The van der Waals surface area contributed by atoms with Crippen molar-refractivity contribution in [1.82, 2.24) is 25.3 Å². The monoisotopic (exact) mass is 442 g/mol. The number of hydrogen-bond donors (Lipinski definition) is 2. The van der Waals surface area contributed by atoms with E-state index in [2.05, 4.69) is 37.5 Å². The van der Waals surface area contributed by atoms with Crippen molar-refractivity contribution in [3.63, 3.8) is 0 Å². The van der Waals surface area contributed by atoms with E-state index in [-0.39, 0.29) is 11.8 Å². The standard InChI is InChI=1S/C25H26N6O2/c1-4-33-23-9-8-17(14-29-23)21-12-22(31-15-30-21)28-13-16(2)18-6-5-7-19-20(25(32)26-3)10-11-27-24(18)19/h5-12,14-16H,4,13H2,1-3H3,(H,26,32)(H,28,30,31)/t16-/m1/s1. The molecule has 0 bridgehead atoms. The molecule has 0 saturated heterocycles. The fourth-order valence-corrected chi connectivity index (χ4v) is 3.67. The van der Waals surface area contributed by atoms with Gasteiger partial charge in [0, 0.05) is 55.0 Å². The molecule has 3 aromatic heterocycles. The van der Waals surface area contributed by atoms with Crippen LogP contribution in [-0.4, -0.2) is 46.0 Å². The Morgan fingerprint density at radius 1 is 1.09 bits per heavy atom. The molecule has 3 heterocycles. The Labute approximate surface area is 192 Å². The zero-order chi connectivity index (χ0) is 23.2. The van der Waals surface area contributed by atoms with Crippen LogP contribution in [0.15, 0.2) is 61.2 Å². The summed E-state index contributed by atoms with van der Waals surface area (Å²) in [5.74, 6) is 1.32. The Kier molecular flexibility index (Phi) is 6.73. The van der Waals surface area contributed by atoms with Gasteiger partial charge in [0.15, 0.2) is 0 Å². The molecule has 0 unspecified atom stereocenters. The number of amides is 1. The largest absolute Gasteiger partial charge is 0.478 e. The van der Waals surface area contributed by atoms with Crippen molar-refractivity contribution in [3.8, 4) is 17.1 Å². The summed E-state index contributed by atoms with van der Waals surface area (Å²) in [6, 6.07) is 13.3. The number of para-hydroxylation sites is 1. The molecule has 1 amide bonds. The number of rotatable bonds is 8. The average Bonchev–Trinajstić information content (AvgIpc) is 2.87. The normalized spacial score (nSPS) is 11.7. The van der Waals surface area contributed by atoms with Gasteiger partial charge in [0.1, 0.15) is 12.1 Å². The number of carbonyl (C=O) groups is 1. The van der Waals surface area contributed by atoms with Gasteiger partial charge in [-0.2, -0.15) is 0 Å². The highest BCUT2D eigenvalue weighted by molar-refractivity contribution is 6.06. The van der Waals surface area contributed by atoms with Crippen molar-refractivity contribution in [1.29, 1.82) is 0 Å². The second-order valence-electron chi connectivity index (χ2n) is 7.57. The minimum atomic E-state index is -0.123. The number of benzene rings is 1. The third-order valence-electron chi connectivity index (χ3n) is 5.39. The number of ether oxygens (including phenoxy) is 1. The summed E-state index contributed by atoms with van der Waals surface area (Å²) >= 11 is 0. The molecule has 4 rings (SSSR count). The van der Waals surface area contributed by atoms with Crippen LogP contribution >= 0.6 is 0 Å². The highest BCUT2D eigenvalue weighted by Gasteiger charge is 2.15. The minimum absolute atomic E-state index is 0.123. The van der Waals surface area contributed by atoms with Crippen LogP contribution in [0.4, 0.5) is 5.82 Å². The number of carbonyl (C=O) groups excluding carboxylic acids is 1. The van der Waals surface area contributed by atoms with Crippen LogP contribution in [0.25, 0.3) is 22.2 Å². The first-order valence-corrected chi connectivity index (χ1v) is 10.9. The van der Waals surface area contributed by atoms with Crippen LogP contribution in [0, 0.1) is 0 Å². The van der Waals surface area contributed by atoms with E-state index >= 15 is 0 Å². The topological polar surface area (TPSA) is 102 Å². The first kappa shape index (κ1) is 22.1. The molecule has 0 fully saturated rings. The molecule has 8 heteroatoms. The van der Waals surface area contributed by atoms with Crippen LogP contribution in [-0.2, 0) is 0 Å². The van der Waals surface area contributed by atoms with E-state index in [0.717, 1.165) is 33.5 Å². The number of nitrogens with one attached hydrogen (secondary N) is 2. The van der Waals surface area contributed by atoms with Crippen molar-refractivity contribution < 1.29 is 9.53 Å². The summed E-state index contributed by atoms with van der Waals surface area (Å²) in [6.07, 6.45) is 4.96. The zero-order valence-corrected chi connectivity index (χ0v) is 18.9. The smallest absolute Gasteiger partial charge is 0.251 e. The Morgan fingerprint density at radius 3 is 2.73 bits per heavy atom. The molecule has 0 spiro atoms. The van der Waals surface area contributed by atoms with E-state index in [1.807, 2.05) is 43.3 Å². The number of hydrogen-bond acceptors (Lipinski definition) is 7. The lowest BCUT2D eigenvalue weighted by Gasteiger charge is -2.16. The summed E-state index contributed by atoms with van der Waals surface area (Å²) < 4.78 is 5.40. The van der Waals surface area contributed by atoms with Gasteiger partial charge in [-0.25, -0.2) is 15.0 Å². The minimum Gasteiger partial charge on any atom is -0.478 e. The number of anilines is 1. The summed E-state index contributed by atoms with van der Waals surface area (Å²) in [5.41, 5.74) is 4.18. The van der Waals surface area contributed by atoms with Crippen molar-refractivity contribution in [3.05, 3.63) is 72.3 Å². The van der Waals surface area contributed by atoms with Gasteiger partial charge in [-0.3, -0.25) is 9.78 Å². The molecule has 0 aliphatic rings. The summed E-state index contributed by atoms with van der Waals surface area (Å²) in [6.45, 7) is 5.26. The Balaban J connectivity index is 1.51. The molecule has 0 saturated carbocycles. The predicted molar refractivity (Wildman–Crippen MR) is 128 cm³/mol. The first-order chi connectivity index (χ1) is 16.1. The summed E-state index contributed by atoms with van der Waals surface area (Å²) in [4.78, 5) is 29.8. The lowest BCUT2D eigenvalue weighted by Crippen LogP contribution is -2.18. The van der Waals surface area contributed by atoms with Crippen LogP contribution in [0.2, 0.25) is 0 Å². The van der Waals surface area contributed by atoms with Gasteiger partial charge in [0.2, 0.25) is 5.88 Å². The predicted octanol–water partition coefficient (Wildman–Crippen LogP) is 4.06. The van der Waals surface area contributed by atoms with Gasteiger partial charge in [-0.1, -0.05) is 25.1 Å². The molecule has 0 aliphatic carbocycles. The molecule has 1 atom stereocenters. The molecular weight excluding hydrogens is 416 g/mol. The maximum atomic E-state index is 12.2. The molecule has 0 aliphatic heterocycles. The fourth-order valence-electron chi connectivity index (χ4n) is 3.67. The van der Waals surface area contributed by atoms with Crippen molar-refractivity contribution in [2.75, 3.05) is 25.5 Å². The Morgan fingerprint density at radius 2 is 1.97 bits per heavy atom. The summed E-state index contributed by atoms with van der Waals surface area (Å²) in [5, 5.41) is 6.93. The second kappa shape index (κ2) is 10.0. The maximum Gasteiger partial charge on any atom is 0.251 e. The van der Waals surface area contributed by atoms with Crippen LogP contribution < -0.4 is 15.4 Å². The lowest BCUT2D eigenvalue weighted by molar-refractivity contribution is 0.0964. The van der Waals surface area contributed by atoms with Gasteiger partial charge in [-0.15, -0.1) is 0 Å². The Bertz CT molecular complexity index is 1260. The fraction of sp³-hybridized carbons (Fsp3) is 0.240. The van der Waals surface area contributed by atoms with E-state index in [9.17, 15) is 4.79 Å². The molecule has 0 radical (unpaired) electrons. The first-order valence-electron chi connectivity index (χ1n) is 10.9. The lowest BCUT2D eigenvalue weighted by atomic mass is 9.96. The second-order valence-corrected chi connectivity index (χ2v) is 7.57. The van der Waals surface area contributed by atoms with Crippen LogP contribution in [0.1, 0.15) is 35.7 Å². The van der Waals surface area contributed by atoms with Crippen LogP contribution in [0.5, 0.6) is 5.88 Å². The SMILES string of the molecule is CCOc1ccc(-c2cc(NC[C@@H](C)c3cccc4c(C(=O)NC)ccnc34)ncn2)cn1. The van der Waals surface area contributed by atoms with Crippen LogP contribution in [0.3, 0.4) is 0 Å². The molecule has 2 N–H and O–H groups in total.